The van der Waals surface area contributed by atoms with Gasteiger partial charge in [-0.15, -0.1) is 0 Å². The van der Waals surface area contributed by atoms with E-state index >= 15 is 0 Å². The summed E-state index contributed by atoms with van der Waals surface area (Å²) in [5, 5.41) is 2.64. The van der Waals surface area contributed by atoms with Crippen molar-refractivity contribution in [2.45, 2.75) is 52.5 Å². The molecule has 0 bridgehead atoms. The molecule has 21 heavy (non-hydrogen) atoms. The lowest BCUT2D eigenvalue weighted by atomic mass is 9.96. The van der Waals surface area contributed by atoms with Crippen LogP contribution in [0.15, 0.2) is 0 Å². The van der Waals surface area contributed by atoms with E-state index < -0.39 is 11.4 Å². The first-order chi connectivity index (χ1) is 9.75. The average molecular weight is 298 g/mol. The number of methoxy groups -OCH3 is 1. The second-order valence-electron chi connectivity index (χ2n) is 6.47. The highest BCUT2D eigenvalue weighted by Crippen LogP contribution is 2.23. The molecule has 1 rings (SSSR count). The predicted molar refractivity (Wildman–Crippen MR) is 78.4 cm³/mol. The van der Waals surface area contributed by atoms with Crippen LogP contribution in [0.4, 0.5) is 0 Å². The molecule has 1 N–H and O–H groups in total. The number of amides is 2. The van der Waals surface area contributed by atoms with Crippen LogP contribution in [0.1, 0.15) is 46.5 Å². The molecule has 1 aliphatic rings. The number of carbonyl (C=O) groups is 3. The Morgan fingerprint density at radius 1 is 1.19 bits per heavy atom. The lowest BCUT2D eigenvalue weighted by molar-refractivity contribution is -0.148. The van der Waals surface area contributed by atoms with E-state index in [1.807, 2.05) is 0 Å². The summed E-state index contributed by atoms with van der Waals surface area (Å²) in [6, 6.07) is 0.0724. The van der Waals surface area contributed by atoms with Crippen LogP contribution in [0.5, 0.6) is 0 Å². The topological polar surface area (TPSA) is 75.7 Å². The van der Waals surface area contributed by atoms with Gasteiger partial charge in [0, 0.05) is 11.5 Å². The van der Waals surface area contributed by atoms with Gasteiger partial charge < -0.3 is 15.0 Å². The van der Waals surface area contributed by atoms with E-state index in [1.165, 1.54) is 7.11 Å². The molecule has 0 saturated heterocycles. The quantitative estimate of drug-likeness (QED) is 0.771. The number of hydrogen-bond acceptors (Lipinski definition) is 4. The van der Waals surface area contributed by atoms with Gasteiger partial charge in [0.1, 0.15) is 6.54 Å². The smallest absolute Gasteiger partial charge is 0.325 e. The Bertz CT molecular complexity index is 395. The predicted octanol–water partition coefficient (Wildman–Crippen LogP) is 1.09. The maximum atomic E-state index is 12.3. The largest absolute Gasteiger partial charge is 0.468 e. The van der Waals surface area contributed by atoms with Crippen molar-refractivity contribution in [3.05, 3.63) is 0 Å². The molecule has 0 heterocycles. The summed E-state index contributed by atoms with van der Waals surface area (Å²) >= 11 is 0. The number of hydrogen-bond donors (Lipinski definition) is 1. The van der Waals surface area contributed by atoms with Crippen LogP contribution in [0.3, 0.4) is 0 Å². The lowest BCUT2D eigenvalue weighted by Crippen LogP contribution is -2.48. The lowest BCUT2D eigenvalue weighted by Gasteiger charge is -2.28. The van der Waals surface area contributed by atoms with Crippen LogP contribution in [0, 0.1) is 5.41 Å². The Hall–Kier alpha value is -1.59. The molecule has 0 spiro atoms. The number of ether oxygens (including phenoxy) is 1. The molecular formula is C15H26N2O4. The van der Waals surface area contributed by atoms with Crippen molar-refractivity contribution in [3.63, 3.8) is 0 Å². The molecule has 0 aliphatic heterocycles. The third-order valence-corrected chi connectivity index (χ3v) is 3.69. The van der Waals surface area contributed by atoms with Gasteiger partial charge >= 0.3 is 5.97 Å². The van der Waals surface area contributed by atoms with E-state index in [9.17, 15) is 14.4 Å². The normalized spacial score (nSPS) is 15.6. The molecule has 0 aromatic rings. The number of rotatable bonds is 5. The first-order valence-electron chi connectivity index (χ1n) is 7.40. The molecule has 1 fully saturated rings. The van der Waals surface area contributed by atoms with Crippen molar-refractivity contribution in [1.82, 2.24) is 10.2 Å². The third kappa shape index (κ3) is 5.36. The number of nitrogens with zero attached hydrogens (tertiary/aromatic N) is 1. The van der Waals surface area contributed by atoms with Gasteiger partial charge in [-0.2, -0.15) is 0 Å². The summed E-state index contributed by atoms with van der Waals surface area (Å²) in [5.74, 6) is -0.845. The highest BCUT2D eigenvalue weighted by molar-refractivity contribution is 5.88. The molecule has 1 aliphatic carbocycles. The van der Waals surface area contributed by atoms with Gasteiger partial charge in [-0.05, 0) is 12.8 Å². The van der Waals surface area contributed by atoms with Gasteiger partial charge in [0.25, 0.3) is 0 Å². The molecule has 6 nitrogen and oxygen atoms in total. The number of esters is 1. The molecule has 0 aromatic heterocycles. The zero-order chi connectivity index (χ0) is 16.0. The molecule has 1 saturated carbocycles. The van der Waals surface area contributed by atoms with Crippen LogP contribution in [-0.2, 0) is 19.1 Å². The Morgan fingerprint density at radius 2 is 1.76 bits per heavy atom. The van der Waals surface area contributed by atoms with Crippen LogP contribution in [0.25, 0.3) is 0 Å². The summed E-state index contributed by atoms with van der Waals surface area (Å²) < 4.78 is 4.65. The first kappa shape index (κ1) is 17.5. The highest BCUT2D eigenvalue weighted by Gasteiger charge is 2.29. The molecular weight excluding hydrogens is 272 g/mol. The average Bonchev–Trinajstić information content (AvgIpc) is 2.93. The maximum absolute atomic E-state index is 12.3. The number of nitrogens with one attached hydrogen (secondary N) is 1. The van der Waals surface area contributed by atoms with Crippen LogP contribution < -0.4 is 5.32 Å². The summed E-state index contributed by atoms with van der Waals surface area (Å²) in [4.78, 5) is 37.2. The van der Waals surface area contributed by atoms with Crippen LogP contribution >= 0.6 is 0 Å². The third-order valence-electron chi connectivity index (χ3n) is 3.69. The van der Waals surface area contributed by atoms with Crippen molar-refractivity contribution < 1.29 is 19.1 Å². The molecule has 6 heteroatoms. The van der Waals surface area contributed by atoms with Gasteiger partial charge in [0.05, 0.1) is 13.7 Å². The first-order valence-corrected chi connectivity index (χ1v) is 7.40. The van der Waals surface area contributed by atoms with E-state index in [2.05, 4.69) is 10.1 Å². The molecule has 0 atom stereocenters. The SMILES string of the molecule is COC(=O)CN(C(=O)CNC(=O)C(C)(C)C)C1CCCC1. The van der Waals surface area contributed by atoms with E-state index in [-0.39, 0.29) is 30.9 Å². The van der Waals surface area contributed by atoms with Crippen molar-refractivity contribution in [2.24, 2.45) is 5.41 Å². The fraction of sp³-hybridized carbons (Fsp3) is 0.800. The van der Waals surface area contributed by atoms with Gasteiger partial charge in [-0.3, -0.25) is 14.4 Å². The molecule has 0 radical (unpaired) electrons. The van der Waals surface area contributed by atoms with Crippen molar-refractivity contribution in [1.29, 1.82) is 0 Å². The molecule has 120 valence electrons. The van der Waals surface area contributed by atoms with Crippen molar-refractivity contribution in [2.75, 3.05) is 20.2 Å². The highest BCUT2D eigenvalue weighted by atomic mass is 16.5. The Labute approximate surface area is 126 Å². The van der Waals surface area contributed by atoms with Gasteiger partial charge in [0.15, 0.2) is 0 Å². The Balaban J connectivity index is 2.62. The fourth-order valence-corrected chi connectivity index (χ4v) is 2.36. The summed E-state index contributed by atoms with van der Waals surface area (Å²) in [5.41, 5.74) is -0.541. The van der Waals surface area contributed by atoms with Crippen molar-refractivity contribution >= 4 is 17.8 Å². The van der Waals surface area contributed by atoms with E-state index in [4.69, 9.17) is 0 Å². The minimum absolute atomic E-state index is 0.0502. The van der Waals surface area contributed by atoms with Gasteiger partial charge in [0.2, 0.25) is 11.8 Å². The minimum Gasteiger partial charge on any atom is -0.468 e. The molecule has 0 aromatic carbocycles. The van der Waals surface area contributed by atoms with E-state index in [0.717, 1.165) is 25.7 Å². The zero-order valence-corrected chi connectivity index (χ0v) is 13.4. The summed E-state index contributed by atoms with van der Waals surface area (Å²) in [6.45, 7) is 5.23. The second kappa shape index (κ2) is 7.43. The Kier molecular flexibility index (Phi) is 6.18. The Morgan fingerprint density at radius 3 is 2.24 bits per heavy atom. The van der Waals surface area contributed by atoms with Gasteiger partial charge in [-0.1, -0.05) is 33.6 Å². The fourth-order valence-electron chi connectivity index (χ4n) is 2.36. The van der Waals surface area contributed by atoms with Crippen LogP contribution in [-0.4, -0.2) is 48.9 Å². The molecule has 2 amide bonds. The van der Waals surface area contributed by atoms with Crippen LogP contribution in [0.2, 0.25) is 0 Å². The maximum Gasteiger partial charge on any atom is 0.325 e. The zero-order valence-electron chi connectivity index (χ0n) is 13.4. The standard InChI is InChI=1S/C15H26N2O4/c1-15(2,3)14(20)16-9-12(18)17(10-13(19)21-4)11-7-5-6-8-11/h11H,5-10H2,1-4H3,(H,16,20). The second-order valence-corrected chi connectivity index (χ2v) is 6.47. The summed E-state index contributed by atoms with van der Waals surface area (Å²) in [7, 11) is 1.31. The van der Waals surface area contributed by atoms with E-state index in [1.54, 1.807) is 25.7 Å². The monoisotopic (exact) mass is 298 g/mol. The van der Waals surface area contributed by atoms with Gasteiger partial charge in [-0.25, -0.2) is 0 Å². The van der Waals surface area contributed by atoms with E-state index in [0.29, 0.717) is 0 Å². The molecule has 0 unspecified atom stereocenters. The van der Waals surface area contributed by atoms with Crippen molar-refractivity contribution in [3.8, 4) is 0 Å². The number of carbonyl (C=O) groups excluding carboxylic acids is 3. The minimum atomic E-state index is -0.541. The summed E-state index contributed by atoms with van der Waals surface area (Å²) in [6.07, 6.45) is 3.92.